The molecule has 5 heteroatoms. The molecular weight excluding hydrogens is 236 g/mol. The summed E-state index contributed by atoms with van der Waals surface area (Å²) in [6, 6.07) is 7.74. The Hall–Kier alpha value is -1.81. The maximum atomic E-state index is 5.82. The Balaban J connectivity index is 2.04. The van der Waals surface area contributed by atoms with Crippen LogP contribution in [0.4, 0.5) is 11.8 Å². The van der Waals surface area contributed by atoms with Gasteiger partial charge in [-0.2, -0.15) is 4.98 Å². The van der Waals surface area contributed by atoms with Crippen molar-refractivity contribution in [2.45, 2.75) is 12.8 Å². The van der Waals surface area contributed by atoms with Crippen LogP contribution in [0.2, 0.25) is 5.02 Å². The maximum Gasteiger partial charge on any atom is 0.221 e. The van der Waals surface area contributed by atoms with E-state index >= 15 is 0 Å². The molecule has 0 bridgehead atoms. The molecule has 0 aliphatic rings. The van der Waals surface area contributed by atoms with Gasteiger partial charge in [0.15, 0.2) is 0 Å². The molecule has 4 nitrogen and oxygen atoms in total. The van der Waals surface area contributed by atoms with Crippen LogP contribution < -0.4 is 11.5 Å². The number of rotatable bonds is 3. The first-order chi connectivity index (χ1) is 8.15. The van der Waals surface area contributed by atoms with Crippen LogP contribution in [0.5, 0.6) is 0 Å². The third kappa shape index (κ3) is 3.07. The van der Waals surface area contributed by atoms with Crippen molar-refractivity contribution in [2.24, 2.45) is 0 Å². The monoisotopic (exact) mass is 248 g/mol. The normalized spacial score (nSPS) is 10.4. The molecule has 0 spiro atoms. The van der Waals surface area contributed by atoms with E-state index in [1.165, 1.54) is 5.56 Å². The summed E-state index contributed by atoms with van der Waals surface area (Å²) in [6.45, 7) is 0. The van der Waals surface area contributed by atoms with Gasteiger partial charge in [0.05, 0.1) is 0 Å². The molecule has 1 aromatic heterocycles. The van der Waals surface area contributed by atoms with Crippen LogP contribution in [0.15, 0.2) is 30.5 Å². The molecule has 0 atom stereocenters. The zero-order valence-electron chi connectivity index (χ0n) is 9.23. The minimum atomic E-state index is 0.206. The Morgan fingerprint density at radius 3 is 2.41 bits per heavy atom. The number of anilines is 2. The Bertz CT molecular complexity index is 510. The molecule has 0 radical (unpaired) electrons. The van der Waals surface area contributed by atoms with E-state index in [0.717, 1.165) is 23.4 Å². The van der Waals surface area contributed by atoms with Crippen LogP contribution in [0.25, 0.3) is 0 Å². The average molecular weight is 249 g/mol. The fourth-order valence-corrected chi connectivity index (χ4v) is 1.68. The topological polar surface area (TPSA) is 77.8 Å². The highest BCUT2D eigenvalue weighted by molar-refractivity contribution is 6.30. The summed E-state index contributed by atoms with van der Waals surface area (Å²) in [7, 11) is 0. The standard InChI is InChI=1S/C12H13ClN4/c13-10-5-2-8(3-6-10)1-4-9-7-16-12(15)17-11(9)14/h2-3,5-7H,1,4H2,(H4,14,15,16,17). The molecular formula is C12H13ClN4. The summed E-state index contributed by atoms with van der Waals surface area (Å²) in [5.74, 6) is 0.657. The minimum absolute atomic E-state index is 0.206. The number of aryl methyl sites for hydroxylation is 2. The number of nitrogens with zero attached hydrogens (tertiary/aromatic N) is 2. The lowest BCUT2D eigenvalue weighted by Crippen LogP contribution is -2.04. The summed E-state index contributed by atoms with van der Waals surface area (Å²) < 4.78 is 0. The average Bonchev–Trinajstić information content (AvgIpc) is 2.30. The minimum Gasteiger partial charge on any atom is -0.383 e. The predicted octanol–water partition coefficient (Wildman–Crippen LogP) is 2.08. The molecule has 0 fully saturated rings. The molecule has 2 rings (SSSR count). The van der Waals surface area contributed by atoms with Gasteiger partial charge < -0.3 is 11.5 Å². The lowest BCUT2D eigenvalue weighted by Gasteiger charge is -2.05. The molecule has 0 aliphatic carbocycles. The van der Waals surface area contributed by atoms with E-state index < -0.39 is 0 Å². The number of nitrogen functional groups attached to an aromatic ring is 2. The first kappa shape index (κ1) is 11.7. The SMILES string of the molecule is Nc1ncc(CCc2ccc(Cl)cc2)c(N)n1. The number of nitrogens with two attached hydrogens (primary N) is 2. The smallest absolute Gasteiger partial charge is 0.221 e. The van der Waals surface area contributed by atoms with Crippen LogP contribution in [-0.4, -0.2) is 9.97 Å². The highest BCUT2D eigenvalue weighted by Crippen LogP contribution is 2.14. The van der Waals surface area contributed by atoms with Crippen molar-refractivity contribution in [3.63, 3.8) is 0 Å². The highest BCUT2D eigenvalue weighted by Gasteiger charge is 2.03. The van der Waals surface area contributed by atoms with Gasteiger partial charge in [0, 0.05) is 16.8 Å². The van der Waals surface area contributed by atoms with E-state index in [1.54, 1.807) is 6.20 Å². The van der Waals surface area contributed by atoms with E-state index in [2.05, 4.69) is 9.97 Å². The van der Waals surface area contributed by atoms with Crippen molar-refractivity contribution < 1.29 is 0 Å². The molecule has 0 saturated carbocycles. The van der Waals surface area contributed by atoms with Gasteiger partial charge in [0.1, 0.15) is 5.82 Å². The number of halogens is 1. The number of benzene rings is 1. The lowest BCUT2D eigenvalue weighted by molar-refractivity contribution is 0.941. The Morgan fingerprint density at radius 1 is 1.06 bits per heavy atom. The Labute approximate surface area is 105 Å². The van der Waals surface area contributed by atoms with Gasteiger partial charge in [-0.3, -0.25) is 0 Å². The molecule has 0 amide bonds. The van der Waals surface area contributed by atoms with Gasteiger partial charge >= 0.3 is 0 Å². The van der Waals surface area contributed by atoms with E-state index in [9.17, 15) is 0 Å². The fraction of sp³-hybridized carbons (Fsp3) is 0.167. The largest absolute Gasteiger partial charge is 0.383 e. The van der Waals surface area contributed by atoms with Crippen LogP contribution in [0.1, 0.15) is 11.1 Å². The molecule has 0 unspecified atom stereocenters. The summed E-state index contributed by atoms with van der Waals surface area (Å²) in [6.07, 6.45) is 3.33. The molecule has 4 N–H and O–H groups in total. The molecule has 0 aliphatic heterocycles. The summed E-state index contributed by atoms with van der Waals surface area (Å²) in [4.78, 5) is 7.86. The van der Waals surface area contributed by atoms with Crippen molar-refractivity contribution in [1.82, 2.24) is 9.97 Å². The Kier molecular flexibility index (Phi) is 3.44. The van der Waals surface area contributed by atoms with Crippen LogP contribution >= 0.6 is 11.6 Å². The number of hydrogen-bond donors (Lipinski definition) is 2. The molecule has 88 valence electrons. The zero-order valence-corrected chi connectivity index (χ0v) is 9.98. The van der Waals surface area contributed by atoms with Gasteiger partial charge in [-0.15, -0.1) is 0 Å². The second-order valence-corrected chi connectivity index (χ2v) is 4.20. The van der Waals surface area contributed by atoms with Gasteiger partial charge in [0.25, 0.3) is 0 Å². The first-order valence-electron chi connectivity index (χ1n) is 5.26. The van der Waals surface area contributed by atoms with E-state index in [0.29, 0.717) is 5.82 Å². The van der Waals surface area contributed by atoms with Crippen molar-refractivity contribution in [3.8, 4) is 0 Å². The molecule has 1 aromatic carbocycles. The Morgan fingerprint density at radius 2 is 1.76 bits per heavy atom. The number of hydrogen-bond acceptors (Lipinski definition) is 4. The zero-order chi connectivity index (χ0) is 12.3. The molecule has 2 aromatic rings. The van der Waals surface area contributed by atoms with Crippen LogP contribution in [-0.2, 0) is 12.8 Å². The van der Waals surface area contributed by atoms with E-state index in [1.807, 2.05) is 24.3 Å². The molecule has 17 heavy (non-hydrogen) atoms. The highest BCUT2D eigenvalue weighted by atomic mass is 35.5. The second kappa shape index (κ2) is 5.01. The van der Waals surface area contributed by atoms with Crippen molar-refractivity contribution >= 4 is 23.4 Å². The second-order valence-electron chi connectivity index (χ2n) is 3.77. The molecule has 0 saturated heterocycles. The van der Waals surface area contributed by atoms with Crippen LogP contribution in [0.3, 0.4) is 0 Å². The van der Waals surface area contributed by atoms with Gasteiger partial charge in [0.2, 0.25) is 5.95 Å². The van der Waals surface area contributed by atoms with Crippen LogP contribution in [0, 0.1) is 0 Å². The van der Waals surface area contributed by atoms with Crippen molar-refractivity contribution in [3.05, 3.63) is 46.6 Å². The first-order valence-corrected chi connectivity index (χ1v) is 5.64. The van der Waals surface area contributed by atoms with E-state index in [4.69, 9.17) is 23.1 Å². The van der Waals surface area contributed by atoms with Gasteiger partial charge in [-0.05, 0) is 30.5 Å². The summed E-state index contributed by atoms with van der Waals surface area (Å²) >= 11 is 5.82. The summed E-state index contributed by atoms with van der Waals surface area (Å²) in [5, 5.41) is 0.740. The van der Waals surface area contributed by atoms with Crippen molar-refractivity contribution in [2.75, 3.05) is 11.5 Å². The number of aromatic nitrogens is 2. The summed E-state index contributed by atoms with van der Waals surface area (Å²) in [5.41, 5.74) is 13.3. The third-order valence-corrected chi connectivity index (χ3v) is 2.76. The predicted molar refractivity (Wildman–Crippen MR) is 69.7 cm³/mol. The molecule has 1 heterocycles. The quantitative estimate of drug-likeness (QED) is 0.872. The van der Waals surface area contributed by atoms with Crippen molar-refractivity contribution in [1.29, 1.82) is 0 Å². The van der Waals surface area contributed by atoms with E-state index in [-0.39, 0.29) is 5.95 Å². The van der Waals surface area contributed by atoms with Gasteiger partial charge in [-0.25, -0.2) is 4.98 Å². The fourth-order valence-electron chi connectivity index (χ4n) is 1.56. The lowest BCUT2D eigenvalue weighted by atomic mass is 10.1. The third-order valence-electron chi connectivity index (χ3n) is 2.51. The van der Waals surface area contributed by atoms with Gasteiger partial charge in [-0.1, -0.05) is 23.7 Å². The maximum absolute atomic E-state index is 5.82.